The maximum absolute atomic E-state index is 11.7. The standard InChI is InChI=1S/C19H20N4O4/c1-25-19(24)15-5-2-4-14(10-15)11-23-13-17(20-21-23)18-22(7-9-27-18)12-16-6-3-8-26-16/h2-6,8,10,13,18H,7,9,11-12H2,1H3/t18-/m1/s1. The summed E-state index contributed by atoms with van der Waals surface area (Å²) >= 11 is 0. The van der Waals surface area contributed by atoms with Crippen LogP contribution in [0.25, 0.3) is 0 Å². The Morgan fingerprint density at radius 3 is 3.04 bits per heavy atom. The molecule has 0 radical (unpaired) electrons. The van der Waals surface area contributed by atoms with Gasteiger partial charge in [0, 0.05) is 6.54 Å². The number of furan rings is 1. The Morgan fingerprint density at radius 2 is 2.22 bits per heavy atom. The van der Waals surface area contributed by atoms with Crippen LogP contribution in [0.1, 0.15) is 33.6 Å². The molecular formula is C19H20N4O4. The summed E-state index contributed by atoms with van der Waals surface area (Å²) in [6.45, 7) is 2.60. The number of hydrogen-bond acceptors (Lipinski definition) is 7. The van der Waals surface area contributed by atoms with Gasteiger partial charge in [-0.2, -0.15) is 0 Å². The monoisotopic (exact) mass is 368 g/mol. The third-order valence-electron chi connectivity index (χ3n) is 4.43. The van der Waals surface area contributed by atoms with Crippen molar-refractivity contribution in [2.75, 3.05) is 20.3 Å². The predicted molar refractivity (Wildman–Crippen MR) is 94.7 cm³/mol. The largest absolute Gasteiger partial charge is 0.468 e. The Bertz CT molecular complexity index is 906. The summed E-state index contributed by atoms with van der Waals surface area (Å²) in [5, 5.41) is 8.47. The number of methoxy groups -OCH3 is 1. The third-order valence-corrected chi connectivity index (χ3v) is 4.43. The molecule has 1 saturated heterocycles. The van der Waals surface area contributed by atoms with Gasteiger partial charge in [0.25, 0.3) is 0 Å². The van der Waals surface area contributed by atoms with Gasteiger partial charge in [0.2, 0.25) is 0 Å². The zero-order valence-electron chi connectivity index (χ0n) is 14.9. The van der Waals surface area contributed by atoms with Gasteiger partial charge in [-0.1, -0.05) is 17.3 Å². The third kappa shape index (κ3) is 3.91. The summed E-state index contributed by atoms with van der Waals surface area (Å²) in [6, 6.07) is 11.1. The molecule has 0 aliphatic carbocycles. The van der Waals surface area contributed by atoms with E-state index in [1.54, 1.807) is 23.1 Å². The molecule has 8 heteroatoms. The fraction of sp³-hybridized carbons (Fsp3) is 0.316. The average Bonchev–Trinajstić information content (AvgIpc) is 3.44. The van der Waals surface area contributed by atoms with Crippen LogP contribution < -0.4 is 0 Å². The molecule has 4 rings (SSSR count). The highest BCUT2D eigenvalue weighted by molar-refractivity contribution is 5.89. The number of ether oxygens (including phenoxy) is 2. The van der Waals surface area contributed by atoms with E-state index in [1.807, 2.05) is 30.5 Å². The Hall–Kier alpha value is -2.97. The van der Waals surface area contributed by atoms with Crippen LogP contribution in [0.5, 0.6) is 0 Å². The van der Waals surface area contributed by atoms with Gasteiger partial charge in [-0.25, -0.2) is 9.48 Å². The second-order valence-electron chi connectivity index (χ2n) is 6.31. The van der Waals surface area contributed by atoms with Crippen LogP contribution in [0.4, 0.5) is 0 Å². The molecule has 140 valence electrons. The van der Waals surface area contributed by atoms with Crippen LogP contribution in [0.3, 0.4) is 0 Å². The molecule has 8 nitrogen and oxygen atoms in total. The molecule has 0 bridgehead atoms. The van der Waals surface area contributed by atoms with E-state index >= 15 is 0 Å². The summed E-state index contributed by atoms with van der Waals surface area (Å²) in [4.78, 5) is 13.8. The van der Waals surface area contributed by atoms with Crippen molar-refractivity contribution in [3.63, 3.8) is 0 Å². The predicted octanol–water partition coefficient (Wildman–Crippen LogP) is 2.24. The molecule has 0 amide bonds. The van der Waals surface area contributed by atoms with Crippen LogP contribution in [0, 0.1) is 0 Å². The first-order chi connectivity index (χ1) is 13.2. The van der Waals surface area contributed by atoms with Crippen molar-refractivity contribution in [3.05, 3.63) is 71.4 Å². The summed E-state index contributed by atoms with van der Waals surface area (Å²) in [5.74, 6) is 0.529. The van der Waals surface area contributed by atoms with Crippen LogP contribution in [-0.2, 0) is 22.6 Å². The van der Waals surface area contributed by atoms with Crippen LogP contribution in [-0.4, -0.2) is 46.1 Å². The number of carbonyl (C=O) groups excluding carboxylic acids is 1. The van der Waals surface area contributed by atoms with Gasteiger partial charge in [0.05, 0.1) is 44.8 Å². The second-order valence-corrected chi connectivity index (χ2v) is 6.31. The first-order valence-corrected chi connectivity index (χ1v) is 8.68. The van der Waals surface area contributed by atoms with Crippen molar-refractivity contribution in [2.45, 2.75) is 19.3 Å². The van der Waals surface area contributed by atoms with Crippen molar-refractivity contribution in [1.29, 1.82) is 0 Å². The van der Waals surface area contributed by atoms with E-state index in [0.717, 1.165) is 23.6 Å². The van der Waals surface area contributed by atoms with Crippen molar-refractivity contribution < 1.29 is 18.7 Å². The van der Waals surface area contributed by atoms with E-state index in [1.165, 1.54) is 7.11 Å². The van der Waals surface area contributed by atoms with Crippen LogP contribution >= 0.6 is 0 Å². The molecule has 0 saturated carbocycles. The lowest BCUT2D eigenvalue weighted by Crippen LogP contribution is -2.23. The summed E-state index contributed by atoms with van der Waals surface area (Å²) in [7, 11) is 1.37. The Labute approximate surface area is 156 Å². The minimum Gasteiger partial charge on any atom is -0.468 e. The van der Waals surface area contributed by atoms with Gasteiger partial charge >= 0.3 is 5.97 Å². The zero-order valence-corrected chi connectivity index (χ0v) is 14.9. The highest BCUT2D eigenvalue weighted by Gasteiger charge is 2.30. The normalized spacial score (nSPS) is 17.3. The highest BCUT2D eigenvalue weighted by Crippen LogP contribution is 2.27. The lowest BCUT2D eigenvalue weighted by Gasteiger charge is -2.19. The quantitative estimate of drug-likeness (QED) is 0.617. The number of esters is 1. The average molecular weight is 368 g/mol. The lowest BCUT2D eigenvalue weighted by atomic mass is 10.1. The molecule has 0 spiro atoms. The molecule has 1 fully saturated rings. The van der Waals surface area contributed by atoms with Crippen molar-refractivity contribution in [1.82, 2.24) is 19.9 Å². The van der Waals surface area contributed by atoms with Crippen LogP contribution in [0.15, 0.2) is 53.3 Å². The number of rotatable bonds is 6. The molecule has 0 unspecified atom stereocenters. The molecular weight excluding hydrogens is 348 g/mol. The number of nitrogens with zero attached hydrogens (tertiary/aromatic N) is 4. The first kappa shape index (κ1) is 17.4. The molecule has 1 aliphatic rings. The van der Waals surface area contributed by atoms with Gasteiger partial charge in [0.1, 0.15) is 11.5 Å². The first-order valence-electron chi connectivity index (χ1n) is 8.68. The Kier molecular flexibility index (Phi) is 4.99. The van der Waals surface area contributed by atoms with Gasteiger partial charge in [0.15, 0.2) is 6.23 Å². The topological polar surface area (TPSA) is 82.6 Å². The maximum atomic E-state index is 11.7. The van der Waals surface area contributed by atoms with Crippen molar-refractivity contribution in [2.24, 2.45) is 0 Å². The van der Waals surface area contributed by atoms with Crippen molar-refractivity contribution >= 4 is 5.97 Å². The smallest absolute Gasteiger partial charge is 0.337 e. The number of benzene rings is 1. The number of carbonyl (C=O) groups is 1. The maximum Gasteiger partial charge on any atom is 0.337 e. The molecule has 1 aliphatic heterocycles. The number of hydrogen-bond donors (Lipinski definition) is 0. The molecule has 1 aromatic carbocycles. The molecule has 0 N–H and O–H groups in total. The SMILES string of the molecule is COC(=O)c1cccc(Cn2cc([C@H]3OCCN3Cc3ccco3)nn2)c1. The molecule has 2 aromatic heterocycles. The summed E-state index contributed by atoms with van der Waals surface area (Å²) in [5.41, 5.74) is 2.20. The number of aromatic nitrogens is 3. The fourth-order valence-corrected chi connectivity index (χ4v) is 3.15. The van der Waals surface area contributed by atoms with E-state index in [0.29, 0.717) is 25.3 Å². The van der Waals surface area contributed by atoms with Gasteiger partial charge in [-0.15, -0.1) is 5.10 Å². The van der Waals surface area contributed by atoms with Gasteiger partial charge in [-0.3, -0.25) is 4.90 Å². The minimum atomic E-state index is -0.357. The van der Waals surface area contributed by atoms with Gasteiger partial charge in [-0.05, 0) is 29.8 Å². The van der Waals surface area contributed by atoms with Crippen LogP contribution in [0.2, 0.25) is 0 Å². The Morgan fingerprint density at radius 1 is 1.30 bits per heavy atom. The Balaban J connectivity index is 1.46. The second kappa shape index (κ2) is 7.73. The van der Waals surface area contributed by atoms with E-state index < -0.39 is 0 Å². The minimum absolute atomic E-state index is 0.245. The molecule has 27 heavy (non-hydrogen) atoms. The van der Waals surface area contributed by atoms with E-state index in [2.05, 4.69) is 15.2 Å². The zero-order chi connectivity index (χ0) is 18.6. The molecule has 1 atom stereocenters. The lowest BCUT2D eigenvalue weighted by molar-refractivity contribution is 0.0223. The summed E-state index contributed by atoms with van der Waals surface area (Å²) < 4.78 is 17.8. The molecule has 3 heterocycles. The van der Waals surface area contributed by atoms with Gasteiger partial charge < -0.3 is 13.9 Å². The fourth-order valence-electron chi connectivity index (χ4n) is 3.15. The van der Waals surface area contributed by atoms with E-state index in [9.17, 15) is 4.79 Å². The molecule has 3 aromatic rings. The van der Waals surface area contributed by atoms with E-state index in [-0.39, 0.29) is 12.2 Å². The highest BCUT2D eigenvalue weighted by atomic mass is 16.5. The summed E-state index contributed by atoms with van der Waals surface area (Å²) in [6.07, 6.45) is 3.29. The van der Waals surface area contributed by atoms with Crippen molar-refractivity contribution in [3.8, 4) is 0 Å². The van der Waals surface area contributed by atoms with E-state index in [4.69, 9.17) is 13.9 Å².